The minimum atomic E-state index is -3.99. The molecule has 3 aromatic carbocycles. The molecule has 0 unspecified atom stereocenters. The normalized spacial score (nSPS) is 12.3. The number of nitrogens with zero attached hydrogens (tertiary/aromatic N) is 2. The monoisotopic (exact) mass is 630 g/mol. The minimum Gasteiger partial charge on any atom is -0.480 e. The summed E-state index contributed by atoms with van der Waals surface area (Å²) in [5.41, 5.74) is 0.586. The first-order valence-electron chi connectivity index (χ1n) is 13.4. The highest BCUT2D eigenvalue weighted by atomic mass is 35.5. The van der Waals surface area contributed by atoms with Crippen LogP contribution in [0.5, 0.6) is 0 Å². The standard InChI is InChI=1S/C31H35ClN2O8S/c1-31(2,3)42-30(39)34(19-27(35)22-7-5-9-24(32)17-22)16-15-21-11-13-25(14-12-21)43(40,41)26-10-6-8-23(18-26)29(38)33(4)20-28(36)37/h5-14,17-18,27,35H,15-16,19-20H2,1-4H3,(H,36,37)/t27-/m1/s1. The number of benzene rings is 3. The second-order valence-corrected chi connectivity index (χ2v) is 13.4. The summed E-state index contributed by atoms with van der Waals surface area (Å²) in [6.45, 7) is 4.86. The Bertz CT molecular complexity index is 1570. The van der Waals surface area contributed by atoms with E-state index in [1.165, 1.54) is 48.3 Å². The minimum absolute atomic E-state index is 0.000108. The van der Waals surface area contributed by atoms with E-state index in [-0.39, 0.29) is 28.4 Å². The van der Waals surface area contributed by atoms with Crippen molar-refractivity contribution in [1.82, 2.24) is 9.80 Å². The Morgan fingerprint density at radius 1 is 0.953 bits per heavy atom. The van der Waals surface area contributed by atoms with Crippen molar-refractivity contribution < 1.29 is 37.8 Å². The first-order chi connectivity index (χ1) is 20.1. The summed E-state index contributed by atoms with van der Waals surface area (Å²) in [6.07, 6.45) is -1.26. The lowest BCUT2D eigenvalue weighted by molar-refractivity contribution is -0.137. The van der Waals surface area contributed by atoms with E-state index in [9.17, 15) is 27.9 Å². The van der Waals surface area contributed by atoms with Gasteiger partial charge in [0.2, 0.25) is 9.84 Å². The molecule has 3 rings (SSSR count). The zero-order valence-corrected chi connectivity index (χ0v) is 25.9. The number of amides is 2. The van der Waals surface area contributed by atoms with Gasteiger partial charge in [0.15, 0.2) is 0 Å². The summed E-state index contributed by atoms with van der Waals surface area (Å²) in [6, 6.07) is 18.3. The van der Waals surface area contributed by atoms with Gasteiger partial charge in [0, 0.05) is 24.2 Å². The van der Waals surface area contributed by atoms with E-state index in [4.69, 9.17) is 21.4 Å². The zero-order chi connectivity index (χ0) is 31.9. The summed E-state index contributed by atoms with van der Waals surface area (Å²) in [5, 5.41) is 20.2. The highest BCUT2D eigenvalue weighted by molar-refractivity contribution is 7.91. The third-order valence-electron chi connectivity index (χ3n) is 6.29. The fourth-order valence-corrected chi connectivity index (χ4v) is 5.64. The molecule has 2 amide bonds. The molecular formula is C31H35ClN2O8S. The summed E-state index contributed by atoms with van der Waals surface area (Å²) in [4.78, 5) is 38.7. The molecule has 3 aromatic rings. The Morgan fingerprint density at radius 3 is 2.21 bits per heavy atom. The lowest BCUT2D eigenvalue weighted by Gasteiger charge is -2.29. The Kier molecular flexibility index (Phi) is 11.0. The zero-order valence-electron chi connectivity index (χ0n) is 24.4. The molecule has 0 radical (unpaired) electrons. The number of carbonyl (C=O) groups is 3. The predicted molar refractivity (Wildman–Crippen MR) is 161 cm³/mol. The maximum atomic E-state index is 13.3. The van der Waals surface area contributed by atoms with E-state index in [1.807, 2.05) is 0 Å². The lowest BCUT2D eigenvalue weighted by Crippen LogP contribution is -2.40. The number of ether oxygens (including phenoxy) is 1. The van der Waals surface area contributed by atoms with E-state index in [0.717, 1.165) is 10.5 Å². The lowest BCUT2D eigenvalue weighted by atomic mass is 10.1. The fraction of sp³-hybridized carbons (Fsp3) is 0.323. The van der Waals surface area contributed by atoms with E-state index >= 15 is 0 Å². The van der Waals surface area contributed by atoms with Crippen molar-refractivity contribution in [3.05, 3.63) is 94.5 Å². The van der Waals surface area contributed by atoms with Crippen LogP contribution in [0.25, 0.3) is 0 Å². The molecule has 0 saturated heterocycles. The maximum Gasteiger partial charge on any atom is 0.410 e. The molecule has 230 valence electrons. The van der Waals surface area contributed by atoms with Gasteiger partial charge in [0.05, 0.1) is 22.4 Å². The van der Waals surface area contributed by atoms with Crippen molar-refractivity contribution in [2.45, 2.75) is 48.7 Å². The average Bonchev–Trinajstić information content (AvgIpc) is 2.93. The van der Waals surface area contributed by atoms with Crippen molar-refractivity contribution in [1.29, 1.82) is 0 Å². The third-order valence-corrected chi connectivity index (χ3v) is 8.30. The molecule has 0 aliphatic heterocycles. The molecule has 0 bridgehead atoms. The number of carboxylic acids is 1. The van der Waals surface area contributed by atoms with Crippen LogP contribution in [0.1, 0.15) is 48.4 Å². The van der Waals surface area contributed by atoms with Crippen molar-refractivity contribution in [2.75, 3.05) is 26.7 Å². The van der Waals surface area contributed by atoms with Gasteiger partial charge in [0.25, 0.3) is 5.91 Å². The Hall–Kier alpha value is -3.93. The number of carbonyl (C=O) groups excluding carboxylic acids is 2. The fourth-order valence-electron chi connectivity index (χ4n) is 4.14. The Morgan fingerprint density at radius 2 is 1.60 bits per heavy atom. The van der Waals surface area contributed by atoms with Crippen LogP contribution in [0, 0.1) is 0 Å². The highest BCUT2D eigenvalue weighted by Crippen LogP contribution is 2.24. The molecule has 0 saturated carbocycles. The second-order valence-electron chi connectivity index (χ2n) is 11.0. The summed E-state index contributed by atoms with van der Waals surface area (Å²) >= 11 is 6.06. The molecule has 12 heteroatoms. The Labute approximate surface area is 256 Å². The summed E-state index contributed by atoms with van der Waals surface area (Å²) in [7, 11) is -2.67. The number of rotatable bonds is 11. The van der Waals surface area contributed by atoms with Gasteiger partial charge in [-0.25, -0.2) is 13.2 Å². The first-order valence-corrected chi connectivity index (χ1v) is 15.3. The number of likely N-dealkylation sites (N-methyl/N-ethyl adjacent to an activating group) is 1. The number of sulfone groups is 1. The quantitative estimate of drug-likeness (QED) is 0.306. The van der Waals surface area contributed by atoms with Crippen LogP contribution in [0.4, 0.5) is 4.79 Å². The highest BCUT2D eigenvalue weighted by Gasteiger charge is 2.25. The number of aliphatic hydroxyl groups is 1. The molecular weight excluding hydrogens is 596 g/mol. The molecule has 0 aromatic heterocycles. The molecule has 0 aliphatic carbocycles. The predicted octanol–water partition coefficient (Wildman–Crippen LogP) is 4.84. The van der Waals surface area contributed by atoms with Gasteiger partial charge in [0.1, 0.15) is 12.1 Å². The molecule has 0 fully saturated rings. The average molecular weight is 631 g/mol. The largest absolute Gasteiger partial charge is 0.480 e. The van der Waals surface area contributed by atoms with Crippen molar-refractivity contribution >= 4 is 39.4 Å². The van der Waals surface area contributed by atoms with Gasteiger partial charge in [-0.05, 0) is 80.8 Å². The van der Waals surface area contributed by atoms with Crippen molar-refractivity contribution in [2.24, 2.45) is 0 Å². The topological polar surface area (TPSA) is 142 Å². The van der Waals surface area contributed by atoms with Crippen molar-refractivity contribution in [3.63, 3.8) is 0 Å². The van der Waals surface area contributed by atoms with Crippen LogP contribution >= 0.6 is 11.6 Å². The number of carboxylic acid groups (broad SMARTS) is 1. The molecule has 2 N–H and O–H groups in total. The van der Waals surface area contributed by atoms with E-state index in [0.29, 0.717) is 17.0 Å². The number of aliphatic carboxylic acids is 1. The number of aliphatic hydroxyl groups excluding tert-OH is 1. The molecule has 0 spiro atoms. The first kappa shape index (κ1) is 33.6. The molecule has 0 heterocycles. The molecule has 0 aliphatic rings. The second kappa shape index (κ2) is 14.0. The number of halogens is 1. The summed E-state index contributed by atoms with van der Waals surface area (Å²) < 4.78 is 32.2. The summed E-state index contributed by atoms with van der Waals surface area (Å²) in [5.74, 6) is -1.81. The molecule has 43 heavy (non-hydrogen) atoms. The smallest absolute Gasteiger partial charge is 0.410 e. The van der Waals surface area contributed by atoms with E-state index in [1.54, 1.807) is 57.2 Å². The maximum absolute atomic E-state index is 13.3. The van der Waals surface area contributed by atoms with Gasteiger partial charge in [-0.3, -0.25) is 9.59 Å². The molecule has 1 atom stereocenters. The van der Waals surface area contributed by atoms with Crippen molar-refractivity contribution in [3.8, 4) is 0 Å². The van der Waals surface area contributed by atoms with Gasteiger partial charge in [-0.1, -0.05) is 41.9 Å². The van der Waals surface area contributed by atoms with Crippen LogP contribution in [-0.2, 0) is 25.8 Å². The van der Waals surface area contributed by atoms with Crippen LogP contribution in [0.15, 0.2) is 82.6 Å². The molecule has 10 nitrogen and oxygen atoms in total. The third kappa shape index (κ3) is 9.54. The Balaban J connectivity index is 1.76. The van der Waals surface area contributed by atoms with Crippen LogP contribution in [-0.4, -0.2) is 78.7 Å². The van der Waals surface area contributed by atoms with Gasteiger partial charge < -0.3 is 24.7 Å². The van der Waals surface area contributed by atoms with E-state index in [2.05, 4.69) is 0 Å². The van der Waals surface area contributed by atoms with Gasteiger partial charge in [-0.2, -0.15) is 0 Å². The van der Waals surface area contributed by atoms with Gasteiger partial charge >= 0.3 is 12.1 Å². The van der Waals surface area contributed by atoms with Crippen LogP contribution in [0.3, 0.4) is 0 Å². The van der Waals surface area contributed by atoms with Crippen LogP contribution in [0.2, 0.25) is 5.02 Å². The van der Waals surface area contributed by atoms with E-state index < -0.39 is 46.1 Å². The van der Waals surface area contributed by atoms with Gasteiger partial charge in [-0.15, -0.1) is 0 Å². The SMILES string of the molecule is CN(CC(=O)O)C(=O)c1cccc(S(=O)(=O)c2ccc(CCN(C[C@@H](O)c3cccc(Cl)c3)C(=O)OC(C)(C)C)cc2)c1. The number of hydrogen-bond donors (Lipinski definition) is 2. The number of hydrogen-bond acceptors (Lipinski definition) is 7. The van der Waals surface area contributed by atoms with Crippen LogP contribution < -0.4 is 0 Å².